The molecule has 0 aliphatic heterocycles. The first-order valence-corrected chi connectivity index (χ1v) is 8.15. The monoisotopic (exact) mass is 318 g/mol. The predicted molar refractivity (Wildman–Crippen MR) is 85.0 cm³/mol. The Morgan fingerprint density at radius 3 is 2.91 bits per heavy atom. The fourth-order valence-electron chi connectivity index (χ4n) is 3.13. The van der Waals surface area contributed by atoms with E-state index in [0.29, 0.717) is 35.7 Å². The molecular formula is C17H22N2O4. The highest BCUT2D eigenvalue weighted by molar-refractivity contribution is 5.78. The number of nitrogens with zero attached hydrogens (tertiary/aromatic N) is 1. The molecule has 1 aromatic carbocycles. The van der Waals surface area contributed by atoms with Crippen LogP contribution in [-0.4, -0.2) is 19.6 Å². The van der Waals surface area contributed by atoms with Gasteiger partial charge in [-0.1, -0.05) is 19.3 Å². The number of hydrogen-bond acceptors (Lipinski definition) is 4. The zero-order chi connectivity index (χ0) is 16.2. The van der Waals surface area contributed by atoms with Gasteiger partial charge in [0.2, 0.25) is 11.5 Å². The number of oxazole rings is 1. The Morgan fingerprint density at radius 1 is 1.39 bits per heavy atom. The van der Waals surface area contributed by atoms with Crippen molar-refractivity contribution in [3.05, 3.63) is 29.3 Å². The summed E-state index contributed by atoms with van der Waals surface area (Å²) in [4.78, 5) is 12.1. The zero-order valence-electron chi connectivity index (χ0n) is 13.3. The van der Waals surface area contributed by atoms with Gasteiger partial charge in [-0.05, 0) is 18.9 Å². The summed E-state index contributed by atoms with van der Waals surface area (Å²) in [5, 5.41) is 15.1. The Bertz CT molecular complexity index is 689. The minimum absolute atomic E-state index is 0.0972. The summed E-state index contributed by atoms with van der Waals surface area (Å²) in [6.07, 6.45) is 5.80. The summed E-state index contributed by atoms with van der Waals surface area (Å²) >= 11 is 0. The second-order valence-corrected chi connectivity index (χ2v) is 6.00. The minimum atomic E-state index is 0.0972. The van der Waals surface area contributed by atoms with Gasteiger partial charge in [-0.2, -0.15) is 0 Å². The van der Waals surface area contributed by atoms with Crippen molar-refractivity contribution in [2.45, 2.75) is 38.5 Å². The van der Waals surface area contributed by atoms with Crippen LogP contribution in [0.2, 0.25) is 0 Å². The van der Waals surface area contributed by atoms with Crippen LogP contribution < -0.4 is 14.8 Å². The van der Waals surface area contributed by atoms with Crippen molar-refractivity contribution in [1.82, 2.24) is 5.32 Å². The van der Waals surface area contributed by atoms with Crippen molar-refractivity contribution in [2.75, 3.05) is 13.7 Å². The number of aromatic nitrogens is 1. The number of methoxy groups -OCH3 is 1. The molecule has 0 spiro atoms. The van der Waals surface area contributed by atoms with E-state index in [1.165, 1.54) is 6.42 Å². The summed E-state index contributed by atoms with van der Waals surface area (Å²) in [6.45, 7) is 0.411. The molecule has 1 aromatic heterocycles. The van der Waals surface area contributed by atoms with Crippen LogP contribution in [0.25, 0.3) is 11.1 Å². The molecule has 0 unspecified atom stereocenters. The Hall–Kier alpha value is -2.24. The molecule has 124 valence electrons. The molecule has 1 aliphatic rings. The van der Waals surface area contributed by atoms with E-state index in [-0.39, 0.29) is 11.8 Å². The molecule has 1 saturated carbocycles. The molecule has 1 heterocycles. The SMILES string of the molecule is COc1ccc2c(c1)oc(CCNC(=O)C1CCCCC1)[n+]2[O-]. The Labute approximate surface area is 135 Å². The summed E-state index contributed by atoms with van der Waals surface area (Å²) in [5.74, 6) is 1.17. The normalized spacial score (nSPS) is 15.7. The first-order valence-electron chi connectivity index (χ1n) is 8.15. The third-order valence-electron chi connectivity index (χ3n) is 4.45. The Balaban J connectivity index is 1.60. The number of fused-ring (bicyclic) bond motifs is 1. The van der Waals surface area contributed by atoms with E-state index in [2.05, 4.69) is 5.32 Å². The highest BCUT2D eigenvalue weighted by atomic mass is 16.5. The summed E-state index contributed by atoms with van der Waals surface area (Å²) in [6, 6.07) is 5.09. The maximum atomic E-state index is 12.2. The van der Waals surface area contributed by atoms with Crippen LogP contribution in [0.4, 0.5) is 0 Å². The van der Waals surface area contributed by atoms with Gasteiger partial charge in [-0.3, -0.25) is 4.79 Å². The van der Waals surface area contributed by atoms with Gasteiger partial charge in [0, 0.05) is 24.6 Å². The summed E-state index contributed by atoms with van der Waals surface area (Å²) < 4.78 is 11.5. The van der Waals surface area contributed by atoms with Crippen LogP contribution in [0.15, 0.2) is 22.6 Å². The summed E-state index contributed by atoms with van der Waals surface area (Å²) in [7, 11) is 1.57. The standard InChI is InChI=1S/C17H22N2O4/c1-22-13-7-8-14-15(11-13)23-16(19(14)21)9-10-18-17(20)12-5-3-2-4-6-12/h7-8,11-12H,2-6,9-10H2,1H3,(H,18,20). The van der Waals surface area contributed by atoms with Crippen molar-refractivity contribution in [1.29, 1.82) is 0 Å². The molecule has 3 rings (SSSR count). The first-order chi connectivity index (χ1) is 11.2. The van der Waals surface area contributed by atoms with Gasteiger partial charge in [0.05, 0.1) is 13.5 Å². The number of rotatable bonds is 5. The highest BCUT2D eigenvalue weighted by Crippen LogP contribution is 2.23. The molecule has 1 fully saturated rings. The molecule has 6 heteroatoms. The van der Waals surface area contributed by atoms with E-state index >= 15 is 0 Å². The average molecular weight is 318 g/mol. The van der Waals surface area contributed by atoms with Crippen LogP contribution in [0.5, 0.6) is 5.75 Å². The second-order valence-electron chi connectivity index (χ2n) is 6.00. The zero-order valence-corrected chi connectivity index (χ0v) is 13.3. The predicted octanol–water partition coefficient (Wildman–Crippen LogP) is 2.31. The highest BCUT2D eigenvalue weighted by Gasteiger charge is 2.22. The maximum absolute atomic E-state index is 12.2. The Morgan fingerprint density at radius 2 is 2.17 bits per heavy atom. The molecule has 0 atom stereocenters. The average Bonchev–Trinajstić information content (AvgIpc) is 2.91. The number of ether oxygens (including phenoxy) is 1. The lowest BCUT2D eigenvalue weighted by atomic mass is 9.89. The van der Waals surface area contributed by atoms with Gasteiger partial charge in [-0.25, -0.2) is 0 Å². The molecule has 0 saturated heterocycles. The third kappa shape index (κ3) is 3.41. The molecular weight excluding hydrogens is 296 g/mol. The molecule has 23 heavy (non-hydrogen) atoms. The van der Waals surface area contributed by atoms with Gasteiger partial charge in [0.25, 0.3) is 5.52 Å². The molecule has 2 aromatic rings. The number of carbonyl (C=O) groups is 1. The van der Waals surface area contributed by atoms with Gasteiger partial charge in [0.1, 0.15) is 5.75 Å². The van der Waals surface area contributed by atoms with E-state index in [1.807, 2.05) is 0 Å². The fourth-order valence-corrected chi connectivity index (χ4v) is 3.13. The number of benzene rings is 1. The van der Waals surface area contributed by atoms with E-state index in [9.17, 15) is 10.0 Å². The number of amides is 1. The minimum Gasteiger partial charge on any atom is -0.616 e. The van der Waals surface area contributed by atoms with Crippen molar-refractivity contribution in [3.8, 4) is 5.75 Å². The topological polar surface area (TPSA) is 78.4 Å². The van der Waals surface area contributed by atoms with Crippen LogP contribution >= 0.6 is 0 Å². The first kappa shape index (κ1) is 15.6. The molecule has 0 radical (unpaired) electrons. The summed E-state index contributed by atoms with van der Waals surface area (Å²) in [5.41, 5.74) is 0.965. The largest absolute Gasteiger partial charge is 0.616 e. The van der Waals surface area contributed by atoms with Crippen molar-refractivity contribution in [2.24, 2.45) is 5.92 Å². The van der Waals surface area contributed by atoms with Crippen LogP contribution in [0.1, 0.15) is 38.0 Å². The smallest absolute Gasteiger partial charge is 0.361 e. The Kier molecular flexibility index (Phi) is 4.69. The van der Waals surface area contributed by atoms with E-state index in [4.69, 9.17) is 9.15 Å². The van der Waals surface area contributed by atoms with Crippen molar-refractivity contribution in [3.63, 3.8) is 0 Å². The van der Waals surface area contributed by atoms with Gasteiger partial charge < -0.3 is 19.7 Å². The van der Waals surface area contributed by atoms with Gasteiger partial charge in [0.15, 0.2) is 0 Å². The van der Waals surface area contributed by atoms with Crippen LogP contribution in [0, 0.1) is 11.1 Å². The third-order valence-corrected chi connectivity index (χ3v) is 4.45. The maximum Gasteiger partial charge on any atom is 0.361 e. The lowest BCUT2D eigenvalue weighted by molar-refractivity contribution is -0.592. The fraction of sp³-hybridized carbons (Fsp3) is 0.529. The molecule has 6 nitrogen and oxygen atoms in total. The van der Waals surface area contributed by atoms with Crippen molar-refractivity contribution < 1.29 is 18.7 Å². The molecule has 0 bridgehead atoms. The lowest BCUT2D eigenvalue weighted by Crippen LogP contribution is -2.36. The number of hydrogen-bond donors (Lipinski definition) is 1. The van der Waals surface area contributed by atoms with Crippen molar-refractivity contribution >= 4 is 17.0 Å². The number of carbonyl (C=O) groups excluding carboxylic acids is 1. The van der Waals surface area contributed by atoms with Crippen LogP contribution in [-0.2, 0) is 11.2 Å². The van der Waals surface area contributed by atoms with Gasteiger partial charge >= 0.3 is 5.89 Å². The van der Waals surface area contributed by atoms with E-state index in [1.54, 1.807) is 25.3 Å². The van der Waals surface area contributed by atoms with Crippen LogP contribution in [0.3, 0.4) is 0 Å². The molecule has 1 amide bonds. The van der Waals surface area contributed by atoms with E-state index in [0.717, 1.165) is 30.4 Å². The second kappa shape index (κ2) is 6.89. The van der Waals surface area contributed by atoms with E-state index < -0.39 is 0 Å². The molecule has 1 N–H and O–H groups in total. The quantitative estimate of drug-likeness (QED) is 0.678. The van der Waals surface area contributed by atoms with Gasteiger partial charge in [-0.15, -0.1) is 4.73 Å². The molecule has 1 aliphatic carbocycles. The number of nitrogens with one attached hydrogen (secondary N) is 1. The lowest BCUT2D eigenvalue weighted by Gasteiger charge is -2.20.